The van der Waals surface area contributed by atoms with Crippen LogP contribution in [0.25, 0.3) is 0 Å². The predicted octanol–water partition coefficient (Wildman–Crippen LogP) is 0.781. The molecule has 0 spiro atoms. The Hall–Kier alpha value is -0.160. The molecule has 0 amide bonds. The van der Waals surface area contributed by atoms with E-state index in [4.69, 9.17) is 4.74 Å². The summed E-state index contributed by atoms with van der Waals surface area (Å²) in [6, 6.07) is 1.51. The van der Waals surface area contributed by atoms with Gasteiger partial charge in [0.05, 0.1) is 13.2 Å². The summed E-state index contributed by atoms with van der Waals surface area (Å²) in [5.41, 5.74) is 0. The van der Waals surface area contributed by atoms with Crippen molar-refractivity contribution in [1.29, 1.82) is 0 Å². The van der Waals surface area contributed by atoms with Gasteiger partial charge in [-0.05, 0) is 45.2 Å². The van der Waals surface area contributed by atoms with Crippen molar-refractivity contribution in [2.45, 2.75) is 38.3 Å². The second-order valence-electron chi connectivity index (χ2n) is 6.60. The van der Waals surface area contributed by atoms with Crippen LogP contribution < -0.4 is 5.32 Å². The molecule has 0 aliphatic carbocycles. The summed E-state index contributed by atoms with van der Waals surface area (Å²) in [7, 11) is 0. The molecule has 4 heteroatoms. The van der Waals surface area contributed by atoms with E-state index in [1.54, 1.807) is 0 Å². The molecule has 3 rings (SSSR count). The maximum Gasteiger partial charge on any atom is 0.0594 e. The summed E-state index contributed by atoms with van der Waals surface area (Å²) in [6.45, 7) is 11.6. The van der Waals surface area contributed by atoms with E-state index in [9.17, 15) is 0 Å². The largest absolute Gasteiger partial charge is 0.379 e. The third-order valence-corrected chi connectivity index (χ3v) is 5.06. The molecular formula is C15H29N3O. The lowest BCUT2D eigenvalue weighted by Gasteiger charge is -2.33. The van der Waals surface area contributed by atoms with Crippen molar-refractivity contribution in [2.75, 3.05) is 52.5 Å². The summed E-state index contributed by atoms with van der Waals surface area (Å²) in [5.74, 6) is 0.916. The van der Waals surface area contributed by atoms with Crippen molar-refractivity contribution >= 4 is 0 Å². The Kier molecular flexibility index (Phi) is 4.74. The third kappa shape index (κ3) is 3.69. The number of rotatable bonds is 3. The van der Waals surface area contributed by atoms with E-state index in [2.05, 4.69) is 22.0 Å². The van der Waals surface area contributed by atoms with Gasteiger partial charge in [0.1, 0.15) is 0 Å². The van der Waals surface area contributed by atoms with Crippen LogP contribution in [0.2, 0.25) is 0 Å². The number of piperidine rings is 1. The SMILES string of the molecule is CC1CC(CN2CCC(N3CCOCC3)C2)CCN1. The van der Waals surface area contributed by atoms with Crippen LogP contribution in [-0.2, 0) is 4.74 Å². The first-order valence-corrected chi connectivity index (χ1v) is 8.09. The van der Waals surface area contributed by atoms with Gasteiger partial charge in [0.25, 0.3) is 0 Å². The second kappa shape index (κ2) is 6.53. The molecule has 3 fully saturated rings. The van der Waals surface area contributed by atoms with Gasteiger partial charge < -0.3 is 15.0 Å². The Morgan fingerprint density at radius 2 is 2.00 bits per heavy atom. The molecule has 0 aromatic carbocycles. The molecule has 3 aliphatic heterocycles. The Bertz CT molecular complexity index is 281. The molecule has 3 atom stereocenters. The van der Waals surface area contributed by atoms with Crippen molar-refractivity contribution < 1.29 is 4.74 Å². The standard InChI is InChI=1S/C15H29N3O/c1-13-10-14(2-4-16-13)11-17-5-3-15(12-17)18-6-8-19-9-7-18/h13-16H,2-12H2,1H3. The number of nitrogens with one attached hydrogen (secondary N) is 1. The van der Waals surface area contributed by atoms with Crippen molar-refractivity contribution in [2.24, 2.45) is 5.92 Å². The lowest BCUT2D eigenvalue weighted by Crippen LogP contribution is -2.45. The molecule has 0 radical (unpaired) electrons. The summed E-state index contributed by atoms with van der Waals surface area (Å²) >= 11 is 0. The van der Waals surface area contributed by atoms with E-state index < -0.39 is 0 Å². The van der Waals surface area contributed by atoms with Crippen LogP contribution in [0.3, 0.4) is 0 Å². The van der Waals surface area contributed by atoms with E-state index in [0.29, 0.717) is 0 Å². The van der Waals surface area contributed by atoms with Gasteiger partial charge in [-0.3, -0.25) is 4.90 Å². The number of likely N-dealkylation sites (tertiary alicyclic amines) is 1. The van der Waals surface area contributed by atoms with Crippen LogP contribution in [0.4, 0.5) is 0 Å². The van der Waals surface area contributed by atoms with Crippen LogP contribution in [-0.4, -0.2) is 74.4 Å². The molecule has 3 aliphatic rings. The topological polar surface area (TPSA) is 27.7 Å². The second-order valence-corrected chi connectivity index (χ2v) is 6.60. The van der Waals surface area contributed by atoms with E-state index in [-0.39, 0.29) is 0 Å². The lowest BCUT2D eigenvalue weighted by atomic mass is 9.93. The molecule has 19 heavy (non-hydrogen) atoms. The minimum absolute atomic E-state index is 0.719. The minimum Gasteiger partial charge on any atom is -0.379 e. The molecule has 110 valence electrons. The Morgan fingerprint density at radius 3 is 2.79 bits per heavy atom. The Labute approximate surface area is 117 Å². The highest BCUT2D eigenvalue weighted by Crippen LogP contribution is 2.22. The molecule has 0 aromatic heterocycles. The van der Waals surface area contributed by atoms with E-state index in [1.165, 1.54) is 45.4 Å². The lowest BCUT2D eigenvalue weighted by molar-refractivity contribution is 0.0181. The van der Waals surface area contributed by atoms with E-state index >= 15 is 0 Å². The fraction of sp³-hybridized carbons (Fsp3) is 1.00. The van der Waals surface area contributed by atoms with Crippen molar-refractivity contribution in [3.05, 3.63) is 0 Å². The zero-order chi connectivity index (χ0) is 13.1. The summed E-state index contributed by atoms with van der Waals surface area (Å²) in [4.78, 5) is 5.36. The zero-order valence-electron chi connectivity index (χ0n) is 12.3. The molecule has 3 unspecified atom stereocenters. The monoisotopic (exact) mass is 267 g/mol. The van der Waals surface area contributed by atoms with Crippen LogP contribution in [0.1, 0.15) is 26.2 Å². The number of ether oxygens (including phenoxy) is 1. The van der Waals surface area contributed by atoms with Crippen molar-refractivity contribution in [3.63, 3.8) is 0 Å². The first-order valence-electron chi connectivity index (χ1n) is 8.09. The Balaban J connectivity index is 1.43. The zero-order valence-corrected chi connectivity index (χ0v) is 12.3. The van der Waals surface area contributed by atoms with Crippen LogP contribution >= 0.6 is 0 Å². The number of hydrogen-bond donors (Lipinski definition) is 1. The van der Waals surface area contributed by atoms with Gasteiger partial charge >= 0.3 is 0 Å². The molecular weight excluding hydrogens is 238 g/mol. The predicted molar refractivity (Wildman–Crippen MR) is 77.4 cm³/mol. The maximum absolute atomic E-state index is 5.46. The molecule has 4 nitrogen and oxygen atoms in total. The quantitative estimate of drug-likeness (QED) is 0.818. The highest BCUT2D eigenvalue weighted by atomic mass is 16.5. The van der Waals surface area contributed by atoms with E-state index in [0.717, 1.165) is 44.3 Å². The summed E-state index contributed by atoms with van der Waals surface area (Å²) < 4.78 is 5.46. The normalized spacial score (nSPS) is 38.7. The number of hydrogen-bond acceptors (Lipinski definition) is 4. The van der Waals surface area contributed by atoms with Crippen LogP contribution in [0, 0.1) is 5.92 Å². The maximum atomic E-state index is 5.46. The first kappa shape index (κ1) is 13.8. The Morgan fingerprint density at radius 1 is 1.16 bits per heavy atom. The van der Waals surface area contributed by atoms with Gasteiger partial charge in [0.15, 0.2) is 0 Å². The molecule has 1 N–H and O–H groups in total. The molecule has 0 saturated carbocycles. The van der Waals surface area contributed by atoms with Gasteiger partial charge in [0.2, 0.25) is 0 Å². The number of nitrogens with zero attached hydrogens (tertiary/aromatic N) is 2. The highest BCUT2D eigenvalue weighted by Gasteiger charge is 2.30. The van der Waals surface area contributed by atoms with Crippen molar-refractivity contribution in [3.8, 4) is 0 Å². The van der Waals surface area contributed by atoms with Crippen molar-refractivity contribution in [1.82, 2.24) is 15.1 Å². The molecule has 0 bridgehead atoms. The van der Waals surface area contributed by atoms with Gasteiger partial charge in [0, 0.05) is 38.3 Å². The van der Waals surface area contributed by atoms with Crippen LogP contribution in [0.5, 0.6) is 0 Å². The van der Waals surface area contributed by atoms with Gasteiger partial charge in [-0.2, -0.15) is 0 Å². The summed E-state index contributed by atoms with van der Waals surface area (Å²) in [6.07, 6.45) is 4.09. The molecule has 3 heterocycles. The third-order valence-electron chi connectivity index (χ3n) is 5.06. The van der Waals surface area contributed by atoms with Gasteiger partial charge in [-0.15, -0.1) is 0 Å². The van der Waals surface area contributed by atoms with E-state index in [1.807, 2.05) is 0 Å². The highest BCUT2D eigenvalue weighted by molar-refractivity contribution is 4.86. The molecule has 0 aromatic rings. The number of morpholine rings is 1. The smallest absolute Gasteiger partial charge is 0.0594 e. The summed E-state index contributed by atoms with van der Waals surface area (Å²) in [5, 5.41) is 3.56. The average Bonchev–Trinajstić information content (AvgIpc) is 2.88. The van der Waals surface area contributed by atoms with Crippen LogP contribution in [0.15, 0.2) is 0 Å². The molecule has 3 saturated heterocycles. The van der Waals surface area contributed by atoms with Gasteiger partial charge in [-0.1, -0.05) is 0 Å². The fourth-order valence-electron chi connectivity index (χ4n) is 3.98. The fourth-order valence-corrected chi connectivity index (χ4v) is 3.98. The minimum atomic E-state index is 0.719. The first-order chi connectivity index (χ1) is 9.31. The average molecular weight is 267 g/mol. The van der Waals surface area contributed by atoms with Gasteiger partial charge in [-0.25, -0.2) is 0 Å².